The van der Waals surface area contributed by atoms with Crippen LogP contribution in [0.3, 0.4) is 0 Å². The van der Waals surface area contributed by atoms with E-state index in [9.17, 15) is 9.18 Å². The molecule has 28 heavy (non-hydrogen) atoms. The molecule has 0 spiro atoms. The second-order valence-electron chi connectivity index (χ2n) is 6.73. The smallest absolute Gasteiger partial charge is 0.238 e. The Balaban J connectivity index is 1.70. The number of halogens is 4. The normalized spacial score (nSPS) is 16.5. The quantitative estimate of drug-likeness (QED) is 0.620. The molecule has 1 aliphatic heterocycles. The summed E-state index contributed by atoms with van der Waals surface area (Å²) in [6, 6.07) is 9.38. The molecule has 4 nitrogen and oxygen atoms in total. The maximum absolute atomic E-state index is 13.5. The monoisotopic (exact) mass is 444 g/mol. The summed E-state index contributed by atoms with van der Waals surface area (Å²) in [5, 5.41) is 3.66. The van der Waals surface area contributed by atoms with Gasteiger partial charge in [0.25, 0.3) is 0 Å². The third-order valence-electron chi connectivity index (χ3n) is 4.42. The van der Waals surface area contributed by atoms with E-state index in [0.29, 0.717) is 23.8 Å². The van der Waals surface area contributed by atoms with Crippen LogP contribution in [0.1, 0.15) is 18.4 Å². The average Bonchev–Trinajstić information content (AvgIpc) is 3.11. The molecule has 0 radical (unpaired) electrons. The van der Waals surface area contributed by atoms with Crippen molar-refractivity contribution in [3.05, 3.63) is 62.8 Å². The van der Waals surface area contributed by atoms with Gasteiger partial charge in [0.15, 0.2) is 0 Å². The summed E-state index contributed by atoms with van der Waals surface area (Å²) in [6.07, 6.45) is 2.00. The molecule has 1 aliphatic rings. The number of rotatable bonds is 7. The molecule has 1 unspecified atom stereocenters. The highest BCUT2D eigenvalue weighted by molar-refractivity contribution is 6.42. The van der Waals surface area contributed by atoms with Crippen LogP contribution in [0.5, 0.6) is 0 Å². The Bertz CT molecular complexity index is 821. The molecule has 1 saturated heterocycles. The van der Waals surface area contributed by atoms with Crippen LogP contribution in [0.2, 0.25) is 15.1 Å². The van der Waals surface area contributed by atoms with Gasteiger partial charge in [-0.25, -0.2) is 4.39 Å². The maximum atomic E-state index is 13.5. The molecule has 1 amide bonds. The summed E-state index contributed by atoms with van der Waals surface area (Å²) in [4.78, 5) is 14.6. The van der Waals surface area contributed by atoms with E-state index in [0.717, 1.165) is 25.0 Å². The predicted molar refractivity (Wildman–Crippen MR) is 111 cm³/mol. The van der Waals surface area contributed by atoms with E-state index in [4.69, 9.17) is 39.5 Å². The first-order chi connectivity index (χ1) is 13.4. The van der Waals surface area contributed by atoms with Crippen LogP contribution in [0, 0.1) is 5.82 Å². The molecule has 1 fully saturated rings. The highest BCUT2D eigenvalue weighted by Gasteiger charge is 2.22. The third-order valence-corrected chi connectivity index (χ3v) is 5.23. The number of hydrogen-bond donors (Lipinski definition) is 1. The number of nitrogens with one attached hydrogen (secondary N) is 1. The van der Waals surface area contributed by atoms with E-state index < -0.39 is 0 Å². The first-order valence-electron chi connectivity index (χ1n) is 8.93. The molecular formula is C20H20Cl3FN2O2. The zero-order chi connectivity index (χ0) is 20.1. The number of anilines is 1. The first kappa shape index (κ1) is 21.3. The summed E-state index contributed by atoms with van der Waals surface area (Å²) in [7, 11) is 0. The first-order valence-corrected chi connectivity index (χ1v) is 10.1. The topological polar surface area (TPSA) is 41.6 Å². The highest BCUT2D eigenvalue weighted by atomic mass is 35.5. The molecule has 0 aromatic heterocycles. The number of carbonyl (C=O) groups is 1. The predicted octanol–water partition coefficient (Wildman–Crippen LogP) is 5.41. The van der Waals surface area contributed by atoms with Crippen molar-refractivity contribution in [2.24, 2.45) is 0 Å². The Hall–Kier alpha value is -1.37. The summed E-state index contributed by atoms with van der Waals surface area (Å²) < 4.78 is 19.2. The molecule has 2 aromatic carbocycles. The zero-order valence-corrected chi connectivity index (χ0v) is 17.3. The van der Waals surface area contributed by atoms with Gasteiger partial charge in [0.2, 0.25) is 5.91 Å². The summed E-state index contributed by atoms with van der Waals surface area (Å²) >= 11 is 18.2. The molecule has 8 heteroatoms. The van der Waals surface area contributed by atoms with E-state index in [-0.39, 0.29) is 34.4 Å². The molecule has 0 aliphatic carbocycles. The Morgan fingerprint density at radius 3 is 2.61 bits per heavy atom. The van der Waals surface area contributed by atoms with Crippen molar-refractivity contribution in [2.45, 2.75) is 25.5 Å². The van der Waals surface area contributed by atoms with Crippen LogP contribution in [0.25, 0.3) is 0 Å². The fraction of sp³-hybridized carbons (Fsp3) is 0.350. The average molecular weight is 446 g/mol. The molecular weight excluding hydrogens is 426 g/mol. The van der Waals surface area contributed by atoms with Crippen LogP contribution >= 0.6 is 34.8 Å². The molecule has 1 heterocycles. The van der Waals surface area contributed by atoms with Crippen LogP contribution in [0.15, 0.2) is 36.4 Å². The van der Waals surface area contributed by atoms with Gasteiger partial charge >= 0.3 is 0 Å². The number of carbonyl (C=O) groups excluding carboxylic acids is 1. The van der Waals surface area contributed by atoms with Crippen molar-refractivity contribution in [2.75, 3.05) is 25.0 Å². The number of nitrogens with zero attached hydrogens (tertiary/aromatic N) is 1. The lowest BCUT2D eigenvalue weighted by atomic mass is 10.1. The van der Waals surface area contributed by atoms with Gasteiger partial charge in [-0.3, -0.25) is 9.69 Å². The number of amides is 1. The van der Waals surface area contributed by atoms with Gasteiger partial charge in [-0.1, -0.05) is 46.9 Å². The van der Waals surface area contributed by atoms with Crippen molar-refractivity contribution >= 4 is 46.4 Å². The molecule has 2 aromatic rings. The Morgan fingerprint density at radius 2 is 1.96 bits per heavy atom. The van der Waals surface area contributed by atoms with Crippen molar-refractivity contribution in [1.82, 2.24) is 4.90 Å². The molecule has 1 N–H and O–H groups in total. The summed E-state index contributed by atoms with van der Waals surface area (Å²) in [6.45, 7) is 1.81. The van der Waals surface area contributed by atoms with Crippen molar-refractivity contribution in [1.29, 1.82) is 0 Å². The van der Waals surface area contributed by atoms with Crippen molar-refractivity contribution in [3.8, 4) is 0 Å². The molecule has 0 bridgehead atoms. The summed E-state index contributed by atoms with van der Waals surface area (Å²) in [5.74, 6) is -0.584. The third kappa shape index (κ3) is 6.06. The molecule has 1 atom stereocenters. The highest BCUT2D eigenvalue weighted by Crippen LogP contribution is 2.33. The van der Waals surface area contributed by atoms with E-state index in [1.807, 2.05) is 11.0 Å². The van der Waals surface area contributed by atoms with Crippen LogP contribution in [-0.2, 0) is 16.1 Å². The standard InChI is InChI=1S/C20H20Cl3FN2O2/c21-14-8-17(22)20(18(23)9-14)25-19(27)12-26(11-16-5-2-6-28-16)10-13-3-1-4-15(24)7-13/h1,3-4,7-9,16H,2,5-6,10-12H2,(H,25,27). The minimum atomic E-state index is -0.307. The van der Waals surface area contributed by atoms with E-state index in [1.54, 1.807) is 6.07 Å². The lowest BCUT2D eigenvalue weighted by molar-refractivity contribution is -0.117. The van der Waals surface area contributed by atoms with Crippen LogP contribution in [-0.4, -0.2) is 36.6 Å². The fourth-order valence-electron chi connectivity index (χ4n) is 3.20. The lowest BCUT2D eigenvalue weighted by Gasteiger charge is -2.25. The van der Waals surface area contributed by atoms with E-state index in [2.05, 4.69) is 5.32 Å². The second-order valence-corrected chi connectivity index (χ2v) is 7.98. The number of hydrogen-bond acceptors (Lipinski definition) is 3. The Kier molecular flexibility index (Phi) is 7.55. The largest absolute Gasteiger partial charge is 0.377 e. The van der Waals surface area contributed by atoms with Gasteiger partial charge in [0.1, 0.15) is 5.82 Å². The van der Waals surface area contributed by atoms with Crippen LogP contribution < -0.4 is 5.32 Å². The van der Waals surface area contributed by atoms with Crippen molar-refractivity contribution < 1.29 is 13.9 Å². The molecule has 150 valence electrons. The maximum Gasteiger partial charge on any atom is 0.238 e. The van der Waals surface area contributed by atoms with Gasteiger partial charge in [0.05, 0.1) is 28.4 Å². The lowest BCUT2D eigenvalue weighted by Crippen LogP contribution is -2.38. The summed E-state index contributed by atoms with van der Waals surface area (Å²) in [5.41, 5.74) is 1.11. The number of ether oxygens (including phenoxy) is 1. The van der Waals surface area contributed by atoms with Crippen molar-refractivity contribution in [3.63, 3.8) is 0 Å². The number of benzene rings is 2. The van der Waals surface area contributed by atoms with Gasteiger partial charge < -0.3 is 10.1 Å². The minimum absolute atomic E-state index is 0.0593. The zero-order valence-electron chi connectivity index (χ0n) is 15.1. The van der Waals surface area contributed by atoms with E-state index >= 15 is 0 Å². The molecule has 3 rings (SSSR count). The fourth-order valence-corrected chi connectivity index (χ4v) is 4.11. The van der Waals surface area contributed by atoms with Gasteiger partial charge in [-0.05, 0) is 42.7 Å². The van der Waals surface area contributed by atoms with Gasteiger partial charge in [-0.2, -0.15) is 0 Å². The van der Waals surface area contributed by atoms with Gasteiger partial charge in [0, 0.05) is 24.7 Å². The molecule has 0 saturated carbocycles. The Labute approximate surface area is 178 Å². The van der Waals surface area contributed by atoms with E-state index in [1.165, 1.54) is 24.3 Å². The Morgan fingerprint density at radius 1 is 1.21 bits per heavy atom. The SMILES string of the molecule is O=C(CN(Cc1cccc(F)c1)CC1CCCO1)Nc1c(Cl)cc(Cl)cc1Cl. The minimum Gasteiger partial charge on any atom is -0.377 e. The second kappa shape index (κ2) is 9.90. The van der Waals surface area contributed by atoms with Gasteiger partial charge in [-0.15, -0.1) is 0 Å². The van der Waals surface area contributed by atoms with Crippen LogP contribution in [0.4, 0.5) is 10.1 Å².